The number of hydrogen-bond donors (Lipinski definition) is 1. The molecule has 1 aliphatic heterocycles. The smallest absolute Gasteiger partial charge is 0.418 e. The Balaban J connectivity index is 1.91. The molecule has 2 atom stereocenters. The zero-order chi connectivity index (χ0) is 24.7. The van der Waals surface area contributed by atoms with Crippen LogP contribution in [0.1, 0.15) is 48.7 Å². The fourth-order valence-electron chi connectivity index (χ4n) is 3.51. The summed E-state index contributed by atoms with van der Waals surface area (Å²) in [6.45, 7) is 6.05. The number of piperidine rings is 1. The number of hydrogen-bond acceptors (Lipinski definition) is 6. The van der Waals surface area contributed by atoms with E-state index in [4.69, 9.17) is 9.47 Å². The van der Waals surface area contributed by atoms with Gasteiger partial charge in [-0.15, -0.1) is 11.3 Å². The molecule has 0 saturated carbocycles. The Morgan fingerprint density at radius 2 is 1.94 bits per heavy atom. The van der Waals surface area contributed by atoms with Gasteiger partial charge in [0.15, 0.2) is 6.17 Å². The van der Waals surface area contributed by atoms with E-state index in [2.05, 4.69) is 10.3 Å². The third-order valence-corrected chi connectivity index (χ3v) is 6.04. The van der Waals surface area contributed by atoms with Gasteiger partial charge in [0, 0.05) is 31.0 Å². The molecule has 1 aliphatic rings. The van der Waals surface area contributed by atoms with E-state index in [1.165, 1.54) is 24.3 Å². The van der Waals surface area contributed by atoms with Gasteiger partial charge in [-0.1, -0.05) is 0 Å². The first kappa shape index (κ1) is 25.0. The lowest BCUT2D eigenvalue weighted by Gasteiger charge is -2.35. The summed E-state index contributed by atoms with van der Waals surface area (Å²) in [7, 11) is 1.36. The summed E-state index contributed by atoms with van der Waals surface area (Å²) in [6.07, 6.45) is -8.16. The number of likely N-dealkylation sites (tertiary alicyclic amines) is 1. The number of ether oxygens (including phenoxy) is 2. The van der Waals surface area contributed by atoms with Gasteiger partial charge in [0.25, 0.3) is 5.91 Å². The highest BCUT2D eigenvalue weighted by atomic mass is 32.1. The highest BCUT2D eigenvalue weighted by molar-refractivity contribution is 7.17. The summed E-state index contributed by atoms with van der Waals surface area (Å²) in [6, 6.07) is 0. The maximum Gasteiger partial charge on any atom is 0.418 e. The molecule has 7 nitrogen and oxygen atoms in total. The van der Waals surface area contributed by atoms with Crippen molar-refractivity contribution in [3.63, 3.8) is 0 Å². The summed E-state index contributed by atoms with van der Waals surface area (Å²) in [5, 5.41) is 3.67. The Kier molecular flexibility index (Phi) is 6.79. The fourth-order valence-corrected chi connectivity index (χ4v) is 4.61. The van der Waals surface area contributed by atoms with Crippen molar-refractivity contribution in [1.29, 1.82) is 0 Å². The second-order valence-corrected chi connectivity index (χ2v) is 9.59. The normalized spacial score (nSPS) is 19.5. The monoisotopic (exact) mass is 491 g/mol. The predicted molar refractivity (Wildman–Crippen MR) is 114 cm³/mol. The first-order valence-corrected chi connectivity index (χ1v) is 11.1. The largest absolute Gasteiger partial charge is 0.471 e. The maximum absolute atomic E-state index is 14.9. The van der Waals surface area contributed by atoms with E-state index in [9.17, 15) is 27.2 Å². The van der Waals surface area contributed by atoms with Gasteiger partial charge < -0.3 is 19.7 Å². The minimum absolute atomic E-state index is 0.0237. The molecule has 33 heavy (non-hydrogen) atoms. The second kappa shape index (κ2) is 8.96. The van der Waals surface area contributed by atoms with Crippen LogP contribution in [0.25, 0.3) is 10.2 Å². The number of alkyl halides is 4. The van der Waals surface area contributed by atoms with Crippen LogP contribution in [0.4, 0.5) is 22.4 Å². The average Bonchev–Trinajstić information content (AvgIpc) is 3.09. The van der Waals surface area contributed by atoms with Crippen LogP contribution in [-0.2, 0) is 10.9 Å². The Labute approximate surface area is 192 Å². The Bertz CT molecular complexity index is 1060. The molecular weight excluding hydrogens is 466 g/mol. The highest BCUT2D eigenvalue weighted by Crippen LogP contribution is 2.43. The van der Waals surface area contributed by atoms with E-state index in [1.54, 1.807) is 20.8 Å². The second-order valence-electron chi connectivity index (χ2n) is 8.71. The highest BCUT2D eigenvalue weighted by Gasteiger charge is 2.40. The number of fused-ring (bicyclic) bond motifs is 1. The van der Waals surface area contributed by atoms with Crippen molar-refractivity contribution in [2.24, 2.45) is 0 Å². The molecular formula is C21H25F4N3O4S. The number of carbonyl (C=O) groups is 2. The number of thiophene rings is 1. The molecule has 1 saturated heterocycles. The van der Waals surface area contributed by atoms with Gasteiger partial charge in [-0.05, 0) is 27.7 Å². The summed E-state index contributed by atoms with van der Waals surface area (Å²) in [5.41, 5.74) is -2.19. The topological polar surface area (TPSA) is 80.8 Å². The van der Waals surface area contributed by atoms with Crippen molar-refractivity contribution in [2.75, 3.05) is 20.1 Å². The van der Waals surface area contributed by atoms with Crippen molar-refractivity contribution < 1.29 is 36.6 Å². The molecule has 1 N–H and O–H groups in total. The van der Waals surface area contributed by atoms with Gasteiger partial charge in [0.05, 0.1) is 27.9 Å². The van der Waals surface area contributed by atoms with Crippen LogP contribution in [0.5, 0.6) is 5.88 Å². The minimum Gasteiger partial charge on any atom is -0.471 e. The van der Waals surface area contributed by atoms with E-state index in [-0.39, 0.29) is 40.9 Å². The number of nitrogens with zero attached hydrogens (tertiary/aromatic N) is 2. The molecule has 3 heterocycles. The Hall–Kier alpha value is -2.63. The number of carbonyl (C=O) groups excluding carboxylic acids is 2. The van der Waals surface area contributed by atoms with Crippen molar-refractivity contribution in [3.05, 3.63) is 22.1 Å². The summed E-state index contributed by atoms with van der Waals surface area (Å²) in [5.74, 6) is -0.984. The number of amides is 2. The van der Waals surface area contributed by atoms with Crippen LogP contribution in [0.3, 0.4) is 0 Å². The van der Waals surface area contributed by atoms with Gasteiger partial charge in [0.2, 0.25) is 5.88 Å². The number of aromatic nitrogens is 1. The SMILES string of the molecule is CNC(=O)c1csc2c(C(F)(F)F)c(C)c(O[C@H]3CCN(C(=O)OC(C)(C)C)C[C@H]3F)nc12. The summed E-state index contributed by atoms with van der Waals surface area (Å²) >= 11 is 0.757. The lowest BCUT2D eigenvalue weighted by Crippen LogP contribution is -2.50. The lowest BCUT2D eigenvalue weighted by atomic mass is 10.1. The third-order valence-electron chi connectivity index (χ3n) is 5.05. The zero-order valence-electron chi connectivity index (χ0n) is 18.8. The molecule has 0 radical (unpaired) electrons. The van der Waals surface area contributed by atoms with Crippen LogP contribution in [0.2, 0.25) is 0 Å². The maximum atomic E-state index is 14.9. The fraction of sp³-hybridized carbons (Fsp3) is 0.571. The first-order chi connectivity index (χ1) is 15.2. The molecule has 0 bridgehead atoms. The third kappa shape index (κ3) is 5.31. The zero-order valence-corrected chi connectivity index (χ0v) is 19.6. The molecule has 2 aromatic rings. The Morgan fingerprint density at radius 1 is 1.27 bits per heavy atom. The molecule has 182 valence electrons. The quantitative estimate of drug-likeness (QED) is 0.629. The minimum atomic E-state index is -4.73. The summed E-state index contributed by atoms with van der Waals surface area (Å²) < 4.78 is 67.2. The standard InChI is InChI=1S/C21H25F4N3O4S/c1-10-14(21(23,24)25)16-15(11(9-33-16)17(29)26-5)27-18(10)31-13-6-7-28(8-12(13)22)19(30)32-20(2,3)4/h9,12-13H,6-8H2,1-5H3,(H,26,29)/t12-,13+/m1/s1. The van der Waals surface area contributed by atoms with Gasteiger partial charge >= 0.3 is 12.3 Å². The molecule has 0 spiro atoms. The summed E-state index contributed by atoms with van der Waals surface area (Å²) in [4.78, 5) is 29.7. The molecule has 3 rings (SSSR count). The van der Waals surface area contributed by atoms with Crippen molar-refractivity contribution >= 4 is 33.6 Å². The van der Waals surface area contributed by atoms with Crippen LogP contribution < -0.4 is 10.1 Å². The molecule has 1 fully saturated rings. The van der Waals surface area contributed by atoms with Crippen LogP contribution in [0, 0.1) is 6.92 Å². The predicted octanol–water partition coefficient (Wildman–Crippen LogP) is 4.71. The van der Waals surface area contributed by atoms with Crippen LogP contribution >= 0.6 is 11.3 Å². The molecule has 2 amide bonds. The van der Waals surface area contributed by atoms with Crippen molar-refractivity contribution in [1.82, 2.24) is 15.2 Å². The molecule has 12 heteroatoms. The number of halogens is 4. The van der Waals surface area contributed by atoms with E-state index in [0.717, 1.165) is 11.3 Å². The van der Waals surface area contributed by atoms with Crippen LogP contribution in [-0.4, -0.2) is 59.9 Å². The molecule has 2 aromatic heterocycles. The van der Waals surface area contributed by atoms with E-state index in [1.807, 2.05) is 0 Å². The van der Waals surface area contributed by atoms with E-state index in [0.29, 0.717) is 0 Å². The number of nitrogens with one attached hydrogen (secondary N) is 1. The Morgan fingerprint density at radius 3 is 2.48 bits per heavy atom. The van der Waals surface area contributed by atoms with Crippen molar-refractivity contribution in [2.45, 2.75) is 58.2 Å². The number of pyridine rings is 1. The van der Waals surface area contributed by atoms with Crippen LogP contribution in [0.15, 0.2) is 5.38 Å². The van der Waals surface area contributed by atoms with Gasteiger partial charge in [0.1, 0.15) is 11.7 Å². The first-order valence-electron chi connectivity index (χ1n) is 10.2. The van der Waals surface area contributed by atoms with Gasteiger partial charge in [-0.2, -0.15) is 13.2 Å². The molecule has 0 unspecified atom stereocenters. The molecule has 0 aromatic carbocycles. The van der Waals surface area contributed by atoms with E-state index < -0.39 is 47.5 Å². The number of rotatable bonds is 3. The van der Waals surface area contributed by atoms with E-state index >= 15 is 0 Å². The average molecular weight is 492 g/mol. The molecule has 0 aliphatic carbocycles. The van der Waals surface area contributed by atoms with Gasteiger partial charge in [-0.3, -0.25) is 4.79 Å². The van der Waals surface area contributed by atoms with Gasteiger partial charge in [-0.25, -0.2) is 14.2 Å². The lowest BCUT2D eigenvalue weighted by molar-refractivity contribution is -0.136. The van der Waals surface area contributed by atoms with Crippen molar-refractivity contribution in [3.8, 4) is 5.88 Å².